The summed E-state index contributed by atoms with van der Waals surface area (Å²) in [5.74, 6) is 0.361. The van der Waals surface area contributed by atoms with Crippen LogP contribution in [-0.2, 0) is 0 Å². The van der Waals surface area contributed by atoms with Gasteiger partial charge in [0, 0.05) is 15.3 Å². The van der Waals surface area contributed by atoms with Crippen molar-refractivity contribution in [2.45, 2.75) is 31.7 Å². The van der Waals surface area contributed by atoms with Crippen LogP contribution in [0.25, 0.3) is 0 Å². The van der Waals surface area contributed by atoms with Crippen molar-refractivity contribution in [3.8, 4) is 0 Å². The van der Waals surface area contributed by atoms with Crippen LogP contribution < -0.4 is 5.32 Å². The Labute approximate surface area is 132 Å². The molecule has 2 aromatic carbocycles. The van der Waals surface area contributed by atoms with Crippen LogP contribution in [0.2, 0.25) is 0 Å². The van der Waals surface area contributed by atoms with Gasteiger partial charge < -0.3 is 5.32 Å². The Bertz CT molecular complexity index is 620. The van der Waals surface area contributed by atoms with Gasteiger partial charge in [-0.2, -0.15) is 0 Å². The van der Waals surface area contributed by atoms with Gasteiger partial charge in [0.05, 0.1) is 0 Å². The van der Waals surface area contributed by atoms with Crippen LogP contribution >= 0.6 is 22.6 Å². The van der Waals surface area contributed by atoms with Crippen LogP contribution in [0.5, 0.6) is 0 Å². The molecule has 1 nitrogen and oxygen atoms in total. The summed E-state index contributed by atoms with van der Waals surface area (Å²) in [6.07, 6.45) is 2.15. The normalized spacial score (nSPS) is 21.4. The van der Waals surface area contributed by atoms with E-state index in [9.17, 15) is 4.39 Å². The first-order valence-electron chi connectivity index (χ1n) is 6.90. The van der Waals surface area contributed by atoms with E-state index in [2.05, 4.69) is 53.0 Å². The van der Waals surface area contributed by atoms with Crippen molar-refractivity contribution in [1.29, 1.82) is 0 Å². The maximum Gasteiger partial charge on any atom is 0.123 e. The Morgan fingerprint density at radius 2 is 1.95 bits per heavy atom. The molecular formula is C17H17FIN. The number of benzene rings is 2. The van der Waals surface area contributed by atoms with Crippen LogP contribution in [0.1, 0.15) is 29.9 Å². The fraction of sp³-hybridized carbons (Fsp3) is 0.294. The zero-order chi connectivity index (χ0) is 14.1. The van der Waals surface area contributed by atoms with Crippen molar-refractivity contribution in [1.82, 2.24) is 0 Å². The maximum atomic E-state index is 13.2. The second-order valence-corrected chi connectivity index (χ2v) is 6.69. The average molecular weight is 381 g/mol. The van der Waals surface area contributed by atoms with E-state index in [1.165, 1.54) is 20.9 Å². The van der Waals surface area contributed by atoms with Gasteiger partial charge in [0.15, 0.2) is 0 Å². The number of nitrogens with one attached hydrogen (secondary N) is 1. The first kappa shape index (κ1) is 13.9. The molecule has 0 bridgehead atoms. The lowest BCUT2D eigenvalue weighted by molar-refractivity contribution is 0.373. The molecule has 0 heterocycles. The molecule has 1 aliphatic rings. The van der Waals surface area contributed by atoms with Crippen LogP contribution in [0.4, 0.5) is 10.1 Å². The van der Waals surface area contributed by atoms with E-state index in [-0.39, 0.29) is 5.82 Å². The highest BCUT2D eigenvalue weighted by Gasteiger charge is 2.30. The van der Waals surface area contributed by atoms with Gasteiger partial charge >= 0.3 is 0 Å². The van der Waals surface area contributed by atoms with Crippen molar-refractivity contribution in [3.05, 3.63) is 63.0 Å². The minimum Gasteiger partial charge on any atom is -0.382 e. The van der Waals surface area contributed by atoms with E-state index < -0.39 is 0 Å². The standard InChI is InChI=1S/C17H17FIN/c1-11-5-6-15(10-17(11)19)20-16-8-13(9-16)12-3-2-4-14(18)7-12/h2-7,10,13,16,20H,8-9H2,1H3. The zero-order valence-electron chi connectivity index (χ0n) is 11.4. The van der Waals surface area contributed by atoms with Crippen molar-refractivity contribution in [3.63, 3.8) is 0 Å². The highest BCUT2D eigenvalue weighted by atomic mass is 127. The topological polar surface area (TPSA) is 12.0 Å². The Kier molecular flexibility index (Phi) is 3.96. The summed E-state index contributed by atoms with van der Waals surface area (Å²) in [5, 5.41) is 3.56. The predicted molar refractivity (Wildman–Crippen MR) is 89.7 cm³/mol. The summed E-state index contributed by atoms with van der Waals surface area (Å²) in [6, 6.07) is 14.0. The quantitative estimate of drug-likeness (QED) is 0.730. The molecule has 2 aromatic rings. The van der Waals surface area contributed by atoms with E-state index in [4.69, 9.17) is 0 Å². The lowest BCUT2D eigenvalue weighted by Crippen LogP contribution is -2.34. The van der Waals surface area contributed by atoms with E-state index >= 15 is 0 Å². The molecule has 1 fully saturated rings. The average Bonchev–Trinajstić information content (AvgIpc) is 2.37. The van der Waals surface area contributed by atoms with E-state index in [1.54, 1.807) is 12.1 Å². The predicted octanol–water partition coefficient (Wildman–Crippen LogP) is 5.10. The van der Waals surface area contributed by atoms with Gasteiger partial charge in [-0.05, 0) is 83.7 Å². The Hall–Kier alpha value is -1.10. The lowest BCUT2D eigenvalue weighted by atomic mass is 9.76. The first-order chi connectivity index (χ1) is 9.61. The molecule has 3 heteroatoms. The minimum atomic E-state index is -0.132. The van der Waals surface area contributed by atoms with Gasteiger partial charge in [-0.25, -0.2) is 4.39 Å². The van der Waals surface area contributed by atoms with Gasteiger partial charge in [-0.15, -0.1) is 0 Å². The second-order valence-electron chi connectivity index (χ2n) is 5.53. The van der Waals surface area contributed by atoms with Gasteiger partial charge in [0.25, 0.3) is 0 Å². The van der Waals surface area contributed by atoms with Crippen molar-refractivity contribution >= 4 is 28.3 Å². The number of rotatable bonds is 3. The molecule has 0 spiro atoms. The number of hydrogen-bond acceptors (Lipinski definition) is 1. The fourth-order valence-electron chi connectivity index (χ4n) is 2.69. The summed E-state index contributed by atoms with van der Waals surface area (Å²) >= 11 is 2.36. The molecule has 0 atom stereocenters. The number of halogens is 2. The lowest BCUT2D eigenvalue weighted by Gasteiger charge is -2.37. The second kappa shape index (κ2) is 5.72. The molecule has 0 radical (unpaired) electrons. The van der Waals surface area contributed by atoms with E-state index in [0.29, 0.717) is 12.0 Å². The summed E-state index contributed by atoms with van der Waals surface area (Å²) < 4.78 is 14.5. The summed E-state index contributed by atoms with van der Waals surface area (Å²) in [6.45, 7) is 2.12. The van der Waals surface area contributed by atoms with Crippen LogP contribution in [0, 0.1) is 16.3 Å². The van der Waals surface area contributed by atoms with Crippen LogP contribution in [-0.4, -0.2) is 6.04 Å². The smallest absolute Gasteiger partial charge is 0.123 e. The number of hydrogen-bond donors (Lipinski definition) is 1. The van der Waals surface area contributed by atoms with Gasteiger partial charge in [-0.3, -0.25) is 0 Å². The third-order valence-electron chi connectivity index (χ3n) is 4.00. The van der Waals surface area contributed by atoms with Gasteiger partial charge in [0.2, 0.25) is 0 Å². The molecule has 0 saturated heterocycles. The molecule has 0 amide bonds. The Balaban J connectivity index is 1.59. The number of anilines is 1. The highest BCUT2D eigenvalue weighted by molar-refractivity contribution is 14.1. The molecule has 0 aliphatic heterocycles. The molecular weight excluding hydrogens is 364 g/mol. The molecule has 0 aromatic heterocycles. The molecule has 1 aliphatic carbocycles. The molecule has 104 valence electrons. The zero-order valence-corrected chi connectivity index (χ0v) is 13.5. The molecule has 1 N–H and O–H groups in total. The number of aryl methyl sites for hydroxylation is 1. The molecule has 0 unspecified atom stereocenters. The summed E-state index contributed by atoms with van der Waals surface area (Å²) in [5.41, 5.74) is 3.62. The van der Waals surface area contributed by atoms with Crippen molar-refractivity contribution in [2.75, 3.05) is 5.32 Å². The summed E-state index contributed by atoms with van der Waals surface area (Å²) in [7, 11) is 0. The Morgan fingerprint density at radius 3 is 2.65 bits per heavy atom. The van der Waals surface area contributed by atoms with Crippen LogP contribution in [0.3, 0.4) is 0 Å². The molecule has 1 saturated carbocycles. The third-order valence-corrected chi connectivity index (χ3v) is 5.16. The van der Waals surface area contributed by atoms with E-state index in [0.717, 1.165) is 18.4 Å². The largest absolute Gasteiger partial charge is 0.382 e. The first-order valence-corrected chi connectivity index (χ1v) is 7.98. The van der Waals surface area contributed by atoms with Gasteiger partial charge in [-0.1, -0.05) is 18.2 Å². The molecule has 20 heavy (non-hydrogen) atoms. The fourth-order valence-corrected chi connectivity index (χ4v) is 3.20. The SMILES string of the molecule is Cc1ccc(NC2CC(c3cccc(F)c3)C2)cc1I. The van der Waals surface area contributed by atoms with Crippen LogP contribution in [0.15, 0.2) is 42.5 Å². The van der Waals surface area contributed by atoms with E-state index in [1.807, 2.05) is 6.07 Å². The van der Waals surface area contributed by atoms with Crippen molar-refractivity contribution in [2.24, 2.45) is 0 Å². The summed E-state index contributed by atoms with van der Waals surface area (Å²) in [4.78, 5) is 0. The third kappa shape index (κ3) is 2.97. The monoisotopic (exact) mass is 381 g/mol. The Morgan fingerprint density at radius 1 is 1.15 bits per heavy atom. The minimum absolute atomic E-state index is 0.132. The van der Waals surface area contributed by atoms with Crippen molar-refractivity contribution < 1.29 is 4.39 Å². The van der Waals surface area contributed by atoms with Gasteiger partial charge in [0.1, 0.15) is 5.82 Å². The molecule has 3 rings (SSSR count). The maximum absolute atomic E-state index is 13.2. The highest BCUT2D eigenvalue weighted by Crippen LogP contribution is 2.38.